The van der Waals surface area contributed by atoms with Crippen LogP contribution in [0.15, 0.2) is 11.6 Å². The van der Waals surface area contributed by atoms with E-state index in [4.69, 9.17) is 4.74 Å². The SMILES string of the molecule is COC(C)CNCCC1=CCCC1. The first-order valence-corrected chi connectivity index (χ1v) is 5.24. The molecule has 0 amide bonds. The van der Waals surface area contributed by atoms with Gasteiger partial charge in [-0.1, -0.05) is 11.6 Å². The Morgan fingerprint density at radius 3 is 3.08 bits per heavy atom. The van der Waals surface area contributed by atoms with E-state index in [-0.39, 0.29) is 0 Å². The lowest BCUT2D eigenvalue weighted by molar-refractivity contribution is 0.117. The third kappa shape index (κ3) is 4.44. The van der Waals surface area contributed by atoms with Crippen LogP contribution in [0.3, 0.4) is 0 Å². The molecule has 0 saturated carbocycles. The Labute approximate surface area is 81.4 Å². The van der Waals surface area contributed by atoms with Crippen LogP contribution in [0, 0.1) is 0 Å². The first-order chi connectivity index (χ1) is 6.33. The highest BCUT2D eigenvalue weighted by atomic mass is 16.5. The Hall–Kier alpha value is -0.340. The molecule has 0 saturated heterocycles. The first kappa shape index (κ1) is 10.7. The highest BCUT2D eigenvalue weighted by Gasteiger charge is 2.04. The minimum absolute atomic E-state index is 0.331. The lowest BCUT2D eigenvalue weighted by Crippen LogP contribution is -2.26. The molecule has 76 valence electrons. The summed E-state index contributed by atoms with van der Waals surface area (Å²) < 4.78 is 5.15. The molecule has 1 N–H and O–H groups in total. The maximum atomic E-state index is 5.15. The van der Waals surface area contributed by atoms with E-state index >= 15 is 0 Å². The molecule has 0 aromatic rings. The summed E-state index contributed by atoms with van der Waals surface area (Å²) in [6, 6.07) is 0. The summed E-state index contributed by atoms with van der Waals surface area (Å²) in [7, 11) is 1.76. The summed E-state index contributed by atoms with van der Waals surface area (Å²) >= 11 is 0. The van der Waals surface area contributed by atoms with Crippen molar-refractivity contribution in [3.05, 3.63) is 11.6 Å². The smallest absolute Gasteiger partial charge is 0.0667 e. The maximum Gasteiger partial charge on any atom is 0.0667 e. The van der Waals surface area contributed by atoms with Crippen LogP contribution in [0.1, 0.15) is 32.6 Å². The number of rotatable bonds is 6. The van der Waals surface area contributed by atoms with Crippen molar-refractivity contribution >= 4 is 0 Å². The summed E-state index contributed by atoms with van der Waals surface area (Å²) in [4.78, 5) is 0. The molecular formula is C11H21NO. The molecular weight excluding hydrogens is 162 g/mol. The molecule has 0 aromatic carbocycles. The lowest BCUT2D eigenvalue weighted by atomic mass is 10.2. The predicted molar refractivity (Wildman–Crippen MR) is 55.9 cm³/mol. The highest BCUT2D eigenvalue weighted by molar-refractivity contribution is 5.07. The normalized spacial score (nSPS) is 18.8. The van der Waals surface area contributed by atoms with Gasteiger partial charge in [-0.05, 0) is 39.2 Å². The van der Waals surface area contributed by atoms with E-state index in [1.54, 1.807) is 12.7 Å². The monoisotopic (exact) mass is 183 g/mol. The summed E-state index contributed by atoms with van der Waals surface area (Å²) in [6.45, 7) is 4.14. The van der Waals surface area contributed by atoms with Crippen LogP contribution in [0.5, 0.6) is 0 Å². The van der Waals surface area contributed by atoms with Gasteiger partial charge in [0.05, 0.1) is 6.10 Å². The second kappa shape index (κ2) is 6.17. The number of methoxy groups -OCH3 is 1. The molecule has 1 aliphatic rings. The summed E-state index contributed by atoms with van der Waals surface area (Å²) in [5.41, 5.74) is 1.64. The fraction of sp³-hybridized carbons (Fsp3) is 0.818. The van der Waals surface area contributed by atoms with Crippen LogP contribution < -0.4 is 5.32 Å². The Kier molecular flexibility index (Phi) is 5.09. The maximum absolute atomic E-state index is 5.15. The van der Waals surface area contributed by atoms with E-state index in [2.05, 4.69) is 18.3 Å². The highest BCUT2D eigenvalue weighted by Crippen LogP contribution is 2.19. The molecule has 0 heterocycles. The van der Waals surface area contributed by atoms with Gasteiger partial charge in [0.1, 0.15) is 0 Å². The molecule has 0 aromatic heterocycles. The minimum atomic E-state index is 0.331. The Morgan fingerprint density at radius 2 is 2.46 bits per heavy atom. The molecule has 1 atom stereocenters. The Bertz CT molecular complexity index is 165. The van der Waals surface area contributed by atoms with Crippen LogP contribution in [-0.4, -0.2) is 26.3 Å². The van der Waals surface area contributed by atoms with Gasteiger partial charge in [-0.15, -0.1) is 0 Å². The number of allylic oxidation sites excluding steroid dienone is 1. The van der Waals surface area contributed by atoms with Crippen molar-refractivity contribution in [2.24, 2.45) is 0 Å². The van der Waals surface area contributed by atoms with E-state index in [1.807, 2.05) is 0 Å². The summed E-state index contributed by atoms with van der Waals surface area (Å²) in [6.07, 6.45) is 7.92. The molecule has 1 unspecified atom stereocenters. The van der Waals surface area contributed by atoms with E-state index < -0.39 is 0 Å². The van der Waals surface area contributed by atoms with Crippen molar-refractivity contribution in [1.29, 1.82) is 0 Å². The van der Waals surface area contributed by atoms with Gasteiger partial charge in [0.2, 0.25) is 0 Å². The zero-order chi connectivity index (χ0) is 9.52. The second-order valence-corrected chi connectivity index (χ2v) is 3.76. The van der Waals surface area contributed by atoms with Gasteiger partial charge in [-0.25, -0.2) is 0 Å². The van der Waals surface area contributed by atoms with Crippen molar-refractivity contribution in [1.82, 2.24) is 5.32 Å². The van der Waals surface area contributed by atoms with Gasteiger partial charge in [0.25, 0.3) is 0 Å². The number of nitrogens with one attached hydrogen (secondary N) is 1. The molecule has 0 bridgehead atoms. The van der Waals surface area contributed by atoms with Crippen LogP contribution in [-0.2, 0) is 4.74 Å². The lowest BCUT2D eigenvalue weighted by Gasteiger charge is -2.10. The van der Waals surface area contributed by atoms with Crippen molar-refractivity contribution in [2.45, 2.75) is 38.7 Å². The second-order valence-electron chi connectivity index (χ2n) is 3.76. The van der Waals surface area contributed by atoms with E-state index in [1.165, 1.54) is 25.7 Å². The number of hydrogen-bond acceptors (Lipinski definition) is 2. The molecule has 1 aliphatic carbocycles. The third-order valence-electron chi connectivity index (χ3n) is 2.59. The third-order valence-corrected chi connectivity index (χ3v) is 2.59. The quantitative estimate of drug-likeness (QED) is 0.503. The van der Waals surface area contributed by atoms with Crippen LogP contribution in [0.25, 0.3) is 0 Å². The van der Waals surface area contributed by atoms with E-state index in [9.17, 15) is 0 Å². The van der Waals surface area contributed by atoms with Crippen LogP contribution in [0.4, 0.5) is 0 Å². The predicted octanol–water partition coefficient (Wildman–Crippen LogP) is 2.11. The van der Waals surface area contributed by atoms with Gasteiger partial charge in [0, 0.05) is 13.7 Å². The fourth-order valence-corrected chi connectivity index (χ4v) is 1.60. The molecule has 0 fully saturated rings. The molecule has 2 nitrogen and oxygen atoms in total. The van der Waals surface area contributed by atoms with Crippen molar-refractivity contribution < 1.29 is 4.74 Å². The molecule has 0 radical (unpaired) electrons. The van der Waals surface area contributed by atoms with Crippen molar-refractivity contribution in [3.8, 4) is 0 Å². The first-order valence-electron chi connectivity index (χ1n) is 5.24. The van der Waals surface area contributed by atoms with Crippen LogP contribution in [0.2, 0.25) is 0 Å². The van der Waals surface area contributed by atoms with Gasteiger partial charge >= 0.3 is 0 Å². The minimum Gasteiger partial charge on any atom is -0.380 e. The van der Waals surface area contributed by atoms with Gasteiger partial charge in [0.15, 0.2) is 0 Å². The Balaban J connectivity index is 1.94. The number of ether oxygens (including phenoxy) is 1. The molecule has 13 heavy (non-hydrogen) atoms. The van der Waals surface area contributed by atoms with Crippen LogP contribution >= 0.6 is 0 Å². The topological polar surface area (TPSA) is 21.3 Å². The largest absolute Gasteiger partial charge is 0.380 e. The van der Waals surface area contributed by atoms with Crippen molar-refractivity contribution in [3.63, 3.8) is 0 Å². The summed E-state index contributed by atoms with van der Waals surface area (Å²) in [5.74, 6) is 0. The fourth-order valence-electron chi connectivity index (χ4n) is 1.60. The molecule has 2 heteroatoms. The van der Waals surface area contributed by atoms with E-state index in [0.29, 0.717) is 6.10 Å². The zero-order valence-electron chi connectivity index (χ0n) is 8.81. The van der Waals surface area contributed by atoms with Crippen molar-refractivity contribution in [2.75, 3.05) is 20.2 Å². The Morgan fingerprint density at radius 1 is 1.62 bits per heavy atom. The summed E-state index contributed by atoms with van der Waals surface area (Å²) in [5, 5.41) is 3.40. The van der Waals surface area contributed by atoms with Gasteiger partial charge in [-0.2, -0.15) is 0 Å². The van der Waals surface area contributed by atoms with Gasteiger partial charge < -0.3 is 10.1 Å². The molecule has 1 rings (SSSR count). The zero-order valence-corrected chi connectivity index (χ0v) is 8.81. The molecule has 0 aliphatic heterocycles. The van der Waals surface area contributed by atoms with E-state index in [0.717, 1.165) is 13.1 Å². The number of hydrogen-bond donors (Lipinski definition) is 1. The van der Waals surface area contributed by atoms with Gasteiger partial charge in [-0.3, -0.25) is 0 Å². The molecule has 0 spiro atoms. The average Bonchev–Trinajstić information content (AvgIpc) is 2.64. The standard InChI is InChI=1S/C11H21NO/c1-10(13-2)9-12-8-7-11-5-3-4-6-11/h5,10,12H,3-4,6-9H2,1-2H3. The average molecular weight is 183 g/mol.